The third-order valence-electron chi connectivity index (χ3n) is 4.85. The molecule has 0 fully saturated rings. The smallest absolute Gasteiger partial charge is 0.410 e. The quantitative estimate of drug-likeness (QED) is 0.570. The number of allylic oxidation sites excluding steroid dienone is 6. The van der Waals surface area contributed by atoms with Crippen molar-refractivity contribution in [1.82, 2.24) is 0 Å². The van der Waals surface area contributed by atoms with Crippen LogP contribution in [0.1, 0.15) is 39.5 Å². The fourth-order valence-electron chi connectivity index (χ4n) is 3.31. The van der Waals surface area contributed by atoms with E-state index in [9.17, 15) is 36.6 Å². The molecule has 0 aromatic heterocycles. The Morgan fingerprint density at radius 2 is 1.00 bits per heavy atom. The fourth-order valence-corrected chi connectivity index (χ4v) is 3.31. The van der Waals surface area contributed by atoms with Crippen molar-refractivity contribution in [3.05, 3.63) is 46.0 Å². The number of halogens is 6. The second-order valence-electron chi connectivity index (χ2n) is 6.42. The van der Waals surface area contributed by atoms with Crippen LogP contribution in [0.15, 0.2) is 46.0 Å². The Morgan fingerprint density at radius 1 is 0.680 bits per heavy atom. The van der Waals surface area contributed by atoms with Gasteiger partial charge in [0.25, 0.3) is 0 Å². The molecule has 140 valence electrons. The number of alkyl halides is 6. The Balaban J connectivity index is 2.82. The average molecular weight is 368 g/mol. The molecule has 0 aromatic carbocycles. The molecule has 0 radical (unpaired) electrons. The van der Waals surface area contributed by atoms with Crippen molar-refractivity contribution in [3.63, 3.8) is 0 Å². The molecular weight excluding hydrogens is 350 g/mol. The molecule has 2 N–H and O–H groups in total. The Hall–Kier alpha value is -1.86. The number of aliphatic hydroxyl groups is 2. The highest BCUT2D eigenvalue weighted by Gasteiger charge is 2.73. The van der Waals surface area contributed by atoms with Crippen LogP contribution in [0.25, 0.3) is 0 Å². The standard InChI is InChI=1S/C17H18F6O2/c1-9-3-5-11(7-13(9)24)15(16(18,19)20,17(21,22)23)12-6-4-10(2)14(25)8-12/h7-8,24-25H,3-6H2,1-2H3. The van der Waals surface area contributed by atoms with Gasteiger partial charge in [0.1, 0.15) is 11.5 Å². The van der Waals surface area contributed by atoms with Crippen LogP contribution in [0.2, 0.25) is 0 Å². The number of hydrogen-bond donors (Lipinski definition) is 2. The fraction of sp³-hybridized carbons (Fsp3) is 0.529. The van der Waals surface area contributed by atoms with Crippen molar-refractivity contribution in [3.8, 4) is 0 Å². The van der Waals surface area contributed by atoms with Gasteiger partial charge in [0.2, 0.25) is 5.41 Å². The summed E-state index contributed by atoms with van der Waals surface area (Å²) in [7, 11) is 0. The van der Waals surface area contributed by atoms with Gasteiger partial charge in [0.15, 0.2) is 0 Å². The molecular formula is C17H18F6O2. The minimum absolute atomic E-state index is 0.0975. The summed E-state index contributed by atoms with van der Waals surface area (Å²) < 4.78 is 83.3. The summed E-state index contributed by atoms with van der Waals surface area (Å²) in [4.78, 5) is 0. The molecule has 0 saturated heterocycles. The van der Waals surface area contributed by atoms with Gasteiger partial charge < -0.3 is 10.2 Å². The molecule has 0 aromatic rings. The van der Waals surface area contributed by atoms with Crippen LogP contribution in [0, 0.1) is 5.41 Å². The zero-order chi connectivity index (χ0) is 19.2. The number of rotatable bonds is 2. The van der Waals surface area contributed by atoms with E-state index in [-0.39, 0.29) is 12.8 Å². The summed E-state index contributed by atoms with van der Waals surface area (Å²) in [5, 5.41) is 19.5. The third-order valence-corrected chi connectivity index (χ3v) is 4.85. The Labute approximate surface area is 140 Å². The molecule has 2 aliphatic carbocycles. The highest BCUT2D eigenvalue weighted by atomic mass is 19.4. The first-order chi connectivity index (χ1) is 11.3. The largest absolute Gasteiger partial charge is 0.508 e. The van der Waals surface area contributed by atoms with Gasteiger partial charge in [-0.1, -0.05) is 0 Å². The average Bonchev–Trinajstić information content (AvgIpc) is 2.44. The topological polar surface area (TPSA) is 40.5 Å². The SMILES string of the molecule is CC1=C(O)C=C(C(C2=CC(O)=C(C)CC2)(C(F)(F)F)C(F)(F)F)CC1. The van der Waals surface area contributed by atoms with Crippen LogP contribution in [0.4, 0.5) is 26.3 Å². The van der Waals surface area contributed by atoms with Gasteiger partial charge >= 0.3 is 12.4 Å². The maximum atomic E-state index is 13.9. The van der Waals surface area contributed by atoms with Crippen molar-refractivity contribution < 1.29 is 36.6 Å². The van der Waals surface area contributed by atoms with E-state index in [1.165, 1.54) is 13.8 Å². The summed E-state index contributed by atoms with van der Waals surface area (Å²) in [6.45, 7) is 2.90. The van der Waals surface area contributed by atoms with E-state index in [2.05, 4.69) is 0 Å². The first-order valence-corrected chi connectivity index (χ1v) is 7.65. The molecule has 0 heterocycles. The molecule has 2 rings (SSSR count). The Bertz CT molecular complexity index is 629. The van der Waals surface area contributed by atoms with Crippen LogP contribution in [0.3, 0.4) is 0 Å². The molecule has 25 heavy (non-hydrogen) atoms. The zero-order valence-electron chi connectivity index (χ0n) is 13.6. The van der Waals surface area contributed by atoms with Gasteiger partial charge in [-0.05, 0) is 74.0 Å². The van der Waals surface area contributed by atoms with Crippen LogP contribution < -0.4 is 0 Å². The van der Waals surface area contributed by atoms with E-state index < -0.39 is 53.3 Å². The lowest BCUT2D eigenvalue weighted by Gasteiger charge is -2.43. The predicted octanol–water partition coefficient (Wildman–Crippen LogP) is 6.20. The van der Waals surface area contributed by atoms with Gasteiger partial charge in [-0.3, -0.25) is 0 Å². The minimum Gasteiger partial charge on any atom is -0.508 e. The lowest BCUT2D eigenvalue weighted by molar-refractivity contribution is -0.312. The first kappa shape index (κ1) is 19.5. The van der Waals surface area contributed by atoms with Crippen LogP contribution in [0.5, 0.6) is 0 Å². The van der Waals surface area contributed by atoms with Gasteiger partial charge in [0.05, 0.1) is 0 Å². The predicted molar refractivity (Wildman–Crippen MR) is 79.8 cm³/mol. The molecule has 0 saturated carbocycles. The summed E-state index contributed by atoms with van der Waals surface area (Å²) in [5.41, 5.74) is -5.46. The van der Waals surface area contributed by atoms with E-state index in [1.807, 2.05) is 0 Å². The van der Waals surface area contributed by atoms with Gasteiger partial charge in [0, 0.05) is 0 Å². The maximum Gasteiger partial charge on any atom is 0.410 e. The van der Waals surface area contributed by atoms with Gasteiger partial charge in [-0.25, -0.2) is 0 Å². The summed E-state index contributed by atoms with van der Waals surface area (Å²) in [6.07, 6.45) is -11.3. The Morgan fingerprint density at radius 3 is 1.24 bits per heavy atom. The van der Waals surface area contributed by atoms with E-state index in [0.717, 1.165) is 0 Å². The number of hydrogen-bond acceptors (Lipinski definition) is 2. The van der Waals surface area contributed by atoms with Gasteiger partial charge in [-0.15, -0.1) is 0 Å². The van der Waals surface area contributed by atoms with Crippen molar-refractivity contribution >= 4 is 0 Å². The van der Waals surface area contributed by atoms with Crippen LogP contribution in [-0.4, -0.2) is 22.6 Å². The van der Waals surface area contributed by atoms with Crippen LogP contribution >= 0.6 is 0 Å². The molecule has 2 aliphatic rings. The van der Waals surface area contributed by atoms with Crippen molar-refractivity contribution in [1.29, 1.82) is 0 Å². The molecule has 0 aliphatic heterocycles. The molecule has 0 bridgehead atoms. The summed E-state index contributed by atoms with van der Waals surface area (Å²) in [5.74, 6) is -1.15. The van der Waals surface area contributed by atoms with E-state index in [0.29, 0.717) is 23.3 Å². The summed E-state index contributed by atoms with van der Waals surface area (Å²) in [6, 6.07) is 0. The lowest BCUT2D eigenvalue weighted by atomic mass is 9.66. The van der Waals surface area contributed by atoms with Gasteiger partial charge in [-0.2, -0.15) is 26.3 Å². The Kier molecular flexibility index (Phi) is 4.78. The van der Waals surface area contributed by atoms with Crippen molar-refractivity contribution in [2.24, 2.45) is 5.41 Å². The molecule has 0 amide bonds. The van der Waals surface area contributed by atoms with E-state index >= 15 is 0 Å². The first-order valence-electron chi connectivity index (χ1n) is 7.65. The minimum atomic E-state index is -5.67. The molecule has 2 nitrogen and oxygen atoms in total. The lowest BCUT2D eigenvalue weighted by Crippen LogP contribution is -2.53. The highest BCUT2D eigenvalue weighted by Crippen LogP contribution is 2.62. The normalized spacial score (nSPS) is 20.6. The van der Waals surface area contributed by atoms with E-state index in [4.69, 9.17) is 0 Å². The second-order valence-corrected chi connectivity index (χ2v) is 6.42. The highest BCUT2D eigenvalue weighted by molar-refractivity contribution is 5.45. The second kappa shape index (κ2) is 6.14. The number of aliphatic hydroxyl groups excluding tert-OH is 2. The van der Waals surface area contributed by atoms with Crippen molar-refractivity contribution in [2.45, 2.75) is 51.9 Å². The maximum absolute atomic E-state index is 13.9. The zero-order valence-corrected chi connectivity index (χ0v) is 13.6. The van der Waals surface area contributed by atoms with E-state index in [1.54, 1.807) is 0 Å². The molecule has 0 atom stereocenters. The van der Waals surface area contributed by atoms with Crippen LogP contribution in [-0.2, 0) is 0 Å². The van der Waals surface area contributed by atoms with Crippen molar-refractivity contribution in [2.75, 3.05) is 0 Å². The monoisotopic (exact) mass is 368 g/mol. The molecule has 0 spiro atoms. The summed E-state index contributed by atoms with van der Waals surface area (Å²) >= 11 is 0. The molecule has 0 unspecified atom stereocenters. The molecule has 8 heteroatoms. The third kappa shape index (κ3) is 3.06.